The van der Waals surface area contributed by atoms with E-state index in [4.69, 9.17) is 22.4 Å². The fourth-order valence-corrected chi connectivity index (χ4v) is 3.04. The molecule has 2 unspecified atom stereocenters. The summed E-state index contributed by atoms with van der Waals surface area (Å²) in [6.45, 7) is -0.590. The van der Waals surface area contributed by atoms with Crippen LogP contribution in [-0.4, -0.2) is 64.0 Å². The van der Waals surface area contributed by atoms with Gasteiger partial charge in [-0.15, -0.1) is 0 Å². The Morgan fingerprint density at radius 3 is 2.74 bits per heavy atom. The van der Waals surface area contributed by atoms with Crippen molar-refractivity contribution in [1.29, 1.82) is 0 Å². The van der Waals surface area contributed by atoms with Crippen LogP contribution >= 0.6 is 27.5 Å². The Balaban J connectivity index is 1.90. The standard InChI is InChI=1S/C14H15BrClNO6/c15-5-1-2-6-9(10(5)16)7(3-17-6)22-14-13(21)12(20)11(19)8(4-18)23-14/h1-3,7-8,11-14,18-21H,4H2/t7?,8-,11-,12+,13-,14?/m1/s1/i7D. The molecule has 6 atom stereocenters. The molecule has 2 aliphatic heterocycles. The molecule has 0 aliphatic carbocycles. The third kappa shape index (κ3) is 3.06. The zero-order valence-electron chi connectivity index (χ0n) is 12.6. The highest BCUT2D eigenvalue weighted by Crippen LogP contribution is 2.42. The van der Waals surface area contributed by atoms with Gasteiger partial charge in [-0.05, 0) is 28.1 Å². The molecule has 1 fully saturated rings. The maximum atomic E-state index is 10.1. The smallest absolute Gasteiger partial charge is 0.187 e. The van der Waals surface area contributed by atoms with Crippen LogP contribution in [0.2, 0.25) is 5.02 Å². The largest absolute Gasteiger partial charge is 0.394 e. The van der Waals surface area contributed by atoms with Crippen LogP contribution in [0.4, 0.5) is 5.69 Å². The Kier molecular flexibility index (Phi) is 4.66. The Morgan fingerprint density at radius 1 is 1.30 bits per heavy atom. The Bertz CT molecular complexity index is 677. The molecule has 4 N–H and O–H groups in total. The van der Waals surface area contributed by atoms with Crippen molar-refractivity contribution in [3.8, 4) is 0 Å². The van der Waals surface area contributed by atoms with Crippen LogP contribution in [-0.2, 0) is 9.47 Å². The molecule has 2 aliphatic rings. The van der Waals surface area contributed by atoms with E-state index in [1.165, 1.54) is 6.21 Å². The second kappa shape index (κ2) is 6.73. The number of nitrogens with zero attached hydrogens (tertiary/aromatic N) is 1. The van der Waals surface area contributed by atoms with Crippen molar-refractivity contribution in [1.82, 2.24) is 0 Å². The Hall–Kier alpha value is -0.580. The minimum atomic E-state index is -1.86. The summed E-state index contributed by atoms with van der Waals surface area (Å²) in [5, 5.41) is 39.1. The van der Waals surface area contributed by atoms with Crippen LogP contribution in [0.15, 0.2) is 21.6 Å². The molecule has 0 radical (unpaired) electrons. The van der Waals surface area contributed by atoms with E-state index in [1.54, 1.807) is 12.1 Å². The van der Waals surface area contributed by atoms with Crippen molar-refractivity contribution < 1.29 is 31.3 Å². The lowest BCUT2D eigenvalue weighted by molar-refractivity contribution is -0.306. The van der Waals surface area contributed by atoms with Crippen molar-refractivity contribution >= 4 is 39.4 Å². The fraction of sp³-hybridized carbons (Fsp3) is 0.500. The quantitative estimate of drug-likeness (QED) is 0.584. The zero-order valence-corrected chi connectivity index (χ0v) is 14.0. The summed E-state index contributed by atoms with van der Waals surface area (Å²) in [5.74, 6) is 0. The van der Waals surface area contributed by atoms with Crippen molar-refractivity contribution in [3.05, 3.63) is 27.2 Å². The van der Waals surface area contributed by atoms with Crippen molar-refractivity contribution in [2.75, 3.05) is 6.61 Å². The van der Waals surface area contributed by atoms with Crippen LogP contribution < -0.4 is 0 Å². The van der Waals surface area contributed by atoms with E-state index in [9.17, 15) is 20.4 Å². The predicted octanol–water partition coefficient (Wildman–Crippen LogP) is 0.676. The monoisotopic (exact) mass is 408 g/mol. The number of rotatable bonds is 3. The summed E-state index contributed by atoms with van der Waals surface area (Å²) >= 11 is 9.49. The Labute approximate surface area is 146 Å². The molecule has 9 heteroatoms. The van der Waals surface area contributed by atoms with Gasteiger partial charge < -0.3 is 29.9 Å². The minimum absolute atomic E-state index is 0.226. The molecule has 0 spiro atoms. The number of ether oxygens (including phenoxy) is 2. The van der Waals surface area contributed by atoms with Crippen LogP contribution in [0.1, 0.15) is 13.0 Å². The number of fused-ring (bicyclic) bond motifs is 1. The van der Waals surface area contributed by atoms with Gasteiger partial charge in [0.05, 0.1) is 18.7 Å². The first kappa shape index (κ1) is 15.9. The lowest BCUT2D eigenvalue weighted by Gasteiger charge is -2.40. The lowest BCUT2D eigenvalue weighted by Crippen LogP contribution is -2.59. The van der Waals surface area contributed by atoms with Crippen molar-refractivity contribution in [2.45, 2.75) is 36.8 Å². The van der Waals surface area contributed by atoms with Crippen LogP contribution in [0, 0.1) is 0 Å². The van der Waals surface area contributed by atoms with Gasteiger partial charge in [0, 0.05) is 16.3 Å². The third-order valence-corrected chi connectivity index (χ3v) is 5.01. The number of halogens is 2. The molecule has 2 heterocycles. The summed E-state index contributed by atoms with van der Waals surface area (Å²) in [6, 6.07) is 3.33. The number of aliphatic hydroxyl groups excluding tert-OH is 4. The van der Waals surface area contributed by atoms with E-state index < -0.39 is 43.4 Å². The first-order valence-corrected chi connectivity index (χ1v) is 7.97. The summed E-state index contributed by atoms with van der Waals surface area (Å²) in [6.07, 6.45) is -7.98. The highest BCUT2D eigenvalue weighted by atomic mass is 79.9. The van der Waals surface area contributed by atoms with Gasteiger partial charge in [0.25, 0.3) is 0 Å². The number of hydrogen-bond acceptors (Lipinski definition) is 7. The molecule has 0 bridgehead atoms. The molecule has 1 saturated heterocycles. The average molecular weight is 410 g/mol. The SMILES string of the molecule is [2H]C1(OC2O[C@H](CO)[C@@H](O)[C@H](O)[C@H]2O)C=Nc2ccc(Br)c(Cl)c21. The summed E-state index contributed by atoms with van der Waals surface area (Å²) in [7, 11) is 0. The molecule has 7 nitrogen and oxygen atoms in total. The van der Waals surface area contributed by atoms with Gasteiger partial charge in [-0.3, -0.25) is 4.99 Å². The second-order valence-corrected chi connectivity index (χ2v) is 6.43. The fourth-order valence-electron chi connectivity index (χ4n) is 2.45. The molecule has 0 aromatic heterocycles. The van der Waals surface area contributed by atoms with Gasteiger partial charge in [0.1, 0.15) is 30.5 Å². The first-order valence-electron chi connectivity index (χ1n) is 7.30. The lowest BCUT2D eigenvalue weighted by atomic mass is 9.99. The molecule has 23 heavy (non-hydrogen) atoms. The molecule has 0 amide bonds. The van der Waals surface area contributed by atoms with Gasteiger partial charge >= 0.3 is 0 Å². The summed E-state index contributed by atoms with van der Waals surface area (Å²) < 4.78 is 19.8. The van der Waals surface area contributed by atoms with Gasteiger partial charge in [-0.1, -0.05) is 11.6 Å². The molecular formula is C14H15BrClNO6. The maximum absolute atomic E-state index is 10.1. The van der Waals surface area contributed by atoms with E-state index in [2.05, 4.69) is 20.9 Å². The third-order valence-electron chi connectivity index (χ3n) is 3.73. The summed E-state index contributed by atoms with van der Waals surface area (Å²) in [5.41, 5.74) is 0.693. The topological polar surface area (TPSA) is 112 Å². The number of aliphatic hydroxyl groups is 4. The average Bonchev–Trinajstić information content (AvgIpc) is 2.89. The van der Waals surface area contributed by atoms with E-state index >= 15 is 0 Å². The maximum Gasteiger partial charge on any atom is 0.187 e. The second-order valence-electron chi connectivity index (χ2n) is 5.19. The summed E-state index contributed by atoms with van der Waals surface area (Å²) in [4.78, 5) is 4.08. The Morgan fingerprint density at radius 2 is 2.04 bits per heavy atom. The minimum Gasteiger partial charge on any atom is -0.394 e. The van der Waals surface area contributed by atoms with Crippen LogP contribution in [0.25, 0.3) is 0 Å². The van der Waals surface area contributed by atoms with Gasteiger partial charge in [-0.25, -0.2) is 0 Å². The number of benzene rings is 1. The normalized spacial score (nSPS) is 40.1. The van der Waals surface area contributed by atoms with Crippen molar-refractivity contribution in [2.24, 2.45) is 4.99 Å². The van der Waals surface area contributed by atoms with Crippen LogP contribution in [0.5, 0.6) is 0 Å². The highest BCUT2D eigenvalue weighted by Gasteiger charge is 2.45. The van der Waals surface area contributed by atoms with Crippen LogP contribution in [0.3, 0.4) is 0 Å². The van der Waals surface area contributed by atoms with E-state index in [0.29, 0.717) is 10.2 Å². The first-order chi connectivity index (χ1) is 11.3. The number of hydrogen-bond donors (Lipinski definition) is 4. The zero-order chi connectivity index (χ0) is 17.6. The van der Waals surface area contributed by atoms with Gasteiger partial charge in [-0.2, -0.15) is 0 Å². The van der Waals surface area contributed by atoms with Crippen molar-refractivity contribution in [3.63, 3.8) is 0 Å². The van der Waals surface area contributed by atoms with E-state index in [1.807, 2.05) is 0 Å². The molecule has 1 aromatic carbocycles. The van der Waals surface area contributed by atoms with E-state index in [0.717, 1.165) is 0 Å². The van der Waals surface area contributed by atoms with Gasteiger partial charge in [0.15, 0.2) is 6.29 Å². The van der Waals surface area contributed by atoms with E-state index in [-0.39, 0.29) is 10.6 Å². The molecule has 126 valence electrons. The predicted molar refractivity (Wildman–Crippen MR) is 84.9 cm³/mol. The number of aliphatic imine (C=N–C) groups is 1. The molecular weight excluding hydrogens is 394 g/mol. The highest BCUT2D eigenvalue weighted by molar-refractivity contribution is 9.10. The molecule has 0 saturated carbocycles. The molecule has 3 rings (SSSR count). The van der Waals surface area contributed by atoms with Gasteiger partial charge in [0.2, 0.25) is 0 Å². The molecule has 1 aromatic rings.